The van der Waals surface area contributed by atoms with Crippen molar-refractivity contribution in [2.75, 3.05) is 13.7 Å². The van der Waals surface area contributed by atoms with Crippen molar-refractivity contribution in [3.8, 4) is 0 Å². The molecule has 3 rings (SSSR count). The number of ether oxygens (including phenoxy) is 8. The molecular weight excluding hydrogens is 512 g/mol. The molecule has 0 bridgehead atoms. The van der Waals surface area contributed by atoms with Gasteiger partial charge in [0.25, 0.3) is 0 Å². The van der Waals surface area contributed by atoms with Crippen molar-refractivity contribution in [1.29, 1.82) is 0 Å². The van der Waals surface area contributed by atoms with Crippen molar-refractivity contribution in [2.24, 2.45) is 11.8 Å². The molecule has 1 aliphatic carbocycles. The van der Waals surface area contributed by atoms with E-state index in [4.69, 9.17) is 37.9 Å². The summed E-state index contributed by atoms with van der Waals surface area (Å²) in [7, 11) is 1.18. The molecule has 0 unspecified atom stereocenters. The van der Waals surface area contributed by atoms with E-state index in [1.54, 1.807) is 0 Å². The second-order valence-corrected chi connectivity index (χ2v) is 8.59. The van der Waals surface area contributed by atoms with Gasteiger partial charge in [0.15, 0.2) is 24.1 Å². The van der Waals surface area contributed by atoms with Crippen LogP contribution in [0.4, 0.5) is 0 Å². The molecule has 0 amide bonds. The van der Waals surface area contributed by atoms with Gasteiger partial charge in [-0.25, -0.2) is 4.79 Å². The Morgan fingerprint density at radius 1 is 0.842 bits per heavy atom. The van der Waals surface area contributed by atoms with Gasteiger partial charge in [0.2, 0.25) is 12.6 Å². The third-order valence-electron chi connectivity index (χ3n) is 5.80. The fraction of sp³-hybridized carbons (Fsp3) is 0.583. The van der Waals surface area contributed by atoms with Crippen molar-refractivity contribution in [2.45, 2.75) is 64.7 Å². The maximum absolute atomic E-state index is 12.7. The molecule has 8 atom stereocenters. The number of hydrogen-bond donors (Lipinski definition) is 0. The third kappa shape index (κ3) is 6.55. The van der Waals surface area contributed by atoms with Crippen LogP contribution in [0, 0.1) is 11.8 Å². The fourth-order valence-electron chi connectivity index (χ4n) is 4.36. The van der Waals surface area contributed by atoms with Crippen LogP contribution in [0.3, 0.4) is 0 Å². The van der Waals surface area contributed by atoms with E-state index in [1.165, 1.54) is 19.3 Å². The van der Waals surface area contributed by atoms with Gasteiger partial charge in [0, 0.05) is 33.6 Å². The molecule has 3 aliphatic rings. The van der Waals surface area contributed by atoms with E-state index < -0.39 is 91.1 Å². The molecule has 2 aliphatic heterocycles. The molecule has 1 saturated heterocycles. The second kappa shape index (κ2) is 12.2. The number of fused-ring (bicyclic) bond motifs is 1. The van der Waals surface area contributed by atoms with Crippen LogP contribution < -0.4 is 0 Å². The van der Waals surface area contributed by atoms with Crippen molar-refractivity contribution < 1.29 is 66.7 Å². The summed E-state index contributed by atoms with van der Waals surface area (Å²) in [5, 5.41) is 0. The summed E-state index contributed by atoms with van der Waals surface area (Å²) in [6, 6.07) is 0. The number of carbonyl (C=O) groups excluding carboxylic acids is 6. The molecule has 0 N–H and O–H groups in total. The summed E-state index contributed by atoms with van der Waals surface area (Å²) in [4.78, 5) is 72.1. The van der Waals surface area contributed by atoms with Gasteiger partial charge in [-0.2, -0.15) is 0 Å². The normalized spacial score (nSPS) is 31.7. The van der Waals surface area contributed by atoms with Crippen molar-refractivity contribution in [1.82, 2.24) is 0 Å². The van der Waals surface area contributed by atoms with Crippen molar-refractivity contribution >= 4 is 35.6 Å². The van der Waals surface area contributed by atoms with Crippen molar-refractivity contribution in [3.05, 3.63) is 24.0 Å². The number of methoxy groups -OCH3 is 1. The lowest BCUT2D eigenvalue weighted by atomic mass is 9.86. The SMILES string of the molecule is COC(=O)C1=CO[C@@H](O[C@@H]2O[C@H](COC(C)=O)[C@@H](OC(C)=O)[C@H](OC(C)=O)[C@H]2OC(C)=O)[C@@H]2C(=O)C=C[C@H]12. The minimum absolute atomic E-state index is 0.0843. The molecule has 2 heterocycles. The van der Waals surface area contributed by atoms with E-state index in [-0.39, 0.29) is 5.57 Å². The molecule has 14 nitrogen and oxygen atoms in total. The summed E-state index contributed by atoms with van der Waals surface area (Å²) in [6.07, 6.45) is -4.65. The van der Waals surface area contributed by atoms with E-state index in [1.807, 2.05) is 0 Å². The van der Waals surface area contributed by atoms with Crippen LogP contribution in [-0.2, 0) is 66.7 Å². The van der Waals surface area contributed by atoms with Crippen LogP contribution in [-0.4, -0.2) is 86.3 Å². The molecule has 14 heteroatoms. The Hall–Kier alpha value is -3.78. The Balaban J connectivity index is 1.98. The van der Waals surface area contributed by atoms with E-state index in [2.05, 4.69) is 0 Å². The highest BCUT2D eigenvalue weighted by Gasteiger charge is 2.55. The zero-order chi connectivity index (χ0) is 28.1. The zero-order valence-corrected chi connectivity index (χ0v) is 21.3. The van der Waals surface area contributed by atoms with Gasteiger partial charge < -0.3 is 37.9 Å². The maximum atomic E-state index is 12.7. The fourth-order valence-corrected chi connectivity index (χ4v) is 4.36. The largest absolute Gasteiger partial charge is 0.471 e. The predicted octanol–water partition coefficient (Wildman–Crippen LogP) is -0.129. The molecule has 208 valence electrons. The third-order valence-corrected chi connectivity index (χ3v) is 5.80. The smallest absolute Gasteiger partial charge is 0.337 e. The molecule has 0 saturated carbocycles. The number of rotatable bonds is 8. The van der Waals surface area contributed by atoms with Crippen LogP contribution in [0.5, 0.6) is 0 Å². The first-order valence-electron chi connectivity index (χ1n) is 11.5. The number of carbonyl (C=O) groups is 6. The number of allylic oxidation sites excluding steroid dienone is 2. The van der Waals surface area contributed by atoms with Crippen LogP contribution in [0.1, 0.15) is 27.7 Å². The van der Waals surface area contributed by atoms with Gasteiger partial charge in [-0.1, -0.05) is 6.08 Å². The summed E-state index contributed by atoms with van der Waals surface area (Å²) in [5.74, 6) is -5.98. The molecule has 0 spiro atoms. The molecule has 0 aromatic rings. The Morgan fingerprint density at radius 3 is 2.03 bits per heavy atom. The molecule has 1 fully saturated rings. The first-order valence-corrected chi connectivity index (χ1v) is 11.5. The Kier molecular flexibility index (Phi) is 9.22. The van der Waals surface area contributed by atoms with Crippen LogP contribution in [0.25, 0.3) is 0 Å². The lowest BCUT2D eigenvalue weighted by Crippen LogP contribution is -2.63. The number of ketones is 1. The average molecular weight is 540 g/mol. The summed E-state index contributed by atoms with van der Waals surface area (Å²) in [6.45, 7) is 3.94. The van der Waals surface area contributed by atoms with Crippen molar-refractivity contribution in [3.63, 3.8) is 0 Å². The quantitative estimate of drug-likeness (QED) is 0.294. The topological polar surface area (TPSA) is 176 Å². The number of hydrogen-bond acceptors (Lipinski definition) is 14. The lowest BCUT2D eigenvalue weighted by Gasteiger charge is -2.45. The Morgan fingerprint density at radius 2 is 1.45 bits per heavy atom. The van der Waals surface area contributed by atoms with Crippen LogP contribution in [0.15, 0.2) is 24.0 Å². The zero-order valence-electron chi connectivity index (χ0n) is 21.3. The molecule has 0 aromatic carbocycles. The van der Waals surface area contributed by atoms with E-state index in [0.29, 0.717) is 0 Å². The van der Waals surface area contributed by atoms with E-state index in [9.17, 15) is 28.8 Å². The summed E-state index contributed by atoms with van der Waals surface area (Å²) >= 11 is 0. The maximum Gasteiger partial charge on any atom is 0.337 e. The van der Waals surface area contributed by atoms with E-state index in [0.717, 1.165) is 34.0 Å². The second-order valence-electron chi connectivity index (χ2n) is 8.59. The number of esters is 5. The van der Waals surface area contributed by atoms with Gasteiger partial charge in [0.05, 0.1) is 24.9 Å². The summed E-state index contributed by atoms with van der Waals surface area (Å²) in [5.41, 5.74) is 0.0843. The Labute approximate surface area is 217 Å². The first kappa shape index (κ1) is 28.8. The van der Waals surface area contributed by atoms with Crippen LogP contribution >= 0.6 is 0 Å². The minimum atomic E-state index is -1.57. The molecule has 38 heavy (non-hydrogen) atoms. The van der Waals surface area contributed by atoms with E-state index >= 15 is 0 Å². The molecule has 0 aromatic heterocycles. The highest BCUT2D eigenvalue weighted by Crippen LogP contribution is 2.40. The lowest BCUT2D eigenvalue weighted by molar-refractivity contribution is -0.341. The predicted molar refractivity (Wildman–Crippen MR) is 119 cm³/mol. The highest BCUT2D eigenvalue weighted by molar-refractivity contribution is 5.99. The van der Waals surface area contributed by atoms with Gasteiger partial charge in [-0.3, -0.25) is 24.0 Å². The first-order chi connectivity index (χ1) is 17.9. The van der Waals surface area contributed by atoms with Gasteiger partial charge >= 0.3 is 29.8 Å². The van der Waals surface area contributed by atoms with Gasteiger partial charge in [-0.05, 0) is 6.08 Å². The Bertz CT molecular complexity index is 1040. The highest BCUT2D eigenvalue weighted by atomic mass is 16.8. The average Bonchev–Trinajstić information content (AvgIpc) is 3.22. The van der Waals surface area contributed by atoms with Gasteiger partial charge in [-0.15, -0.1) is 0 Å². The monoisotopic (exact) mass is 540 g/mol. The summed E-state index contributed by atoms with van der Waals surface area (Å²) < 4.78 is 43.2. The molecular formula is C24H28O14. The van der Waals surface area contributed by atoms with Crippen LogP contribution in [0.2, 0.25) is 0 Å². The van der Waals surface area contributed by atoms with Gasteiger partial charge in [0.1, 0.15) is 12.7 Å². The standard InChI is InChI=1S/C24H28O14/c1-10(25)32-9-17-19(34-11(2)26)20(35-12(3)27)21(36-13(4)28)24(37-17)38-23-18-14(6-7-16(18)29)15(8-33-23)22(30)31-5/h6-8,14,17-21,23-24H,9H2,1-5H3/t14-,17-,18+,19-,20+,21-,23+,24+/m1/s1. The molecule has 0 radical (unpaired) electrons. The minimum Gasteiger partial charge on any atom is -0.471 e.